The van der Waals surface area contributed by atoms with E-state index in [1.165, 1.54) is 4.68 Å². The number of benzene rings is 1. The number of amides is 1. The summed E-state index contributed by atoms with van der Waals surface area (Å²) in [5.41, 5.74) is 1.70. The van der Waals surface area contributed by atoms with Crippen LogP contribution in [-0.2, 0) is 11.3 Å². The summed E-state index contributed by atoms with van der Waals surface area (Å²) in [5, 5.41) is 17.8. The number of nitro groups is 1. The summed E-state index contributed by atoms with van der Waals surface area (Å²) in [5.74, 6) is -0.332. The van der Waals surface area contributed by atoms with Crippen molar-refractivity contribution in [1.82, 2.24) is 9.78 Å². The molecule has 0 aliphatic heterocycles. The number of hydrogen-bond donors (Lipinski definition) is 1. The van der Waals surface area contributed by atoms with Gasteiger partial charge in [-0.15, -0.1) is 0 Å². The van der Waals surface area contributed by atoms with Crippen LogP contribution in [0.4, 0.5) is 11.4 Å². The average Bonchev–Trinajstić information content (AvgIpc) is 2.75. The Kier molecular flexibility index (Phi) is 4.23. The first-order valence-corrected chi connectivity index (χ1v) is 6.49. The van der Waals surface area contributed by atoms with Crippen molar-refractivity contribution in [3.63, 3.8) is 0 Å². The number of aromatic nitrogens is 2. The molecule has 1 N–H and O–H groups in total. The fraction of sp³-hybridized carbons (Fsp3) is 0.231. The maximum absolute atomic E-state index is 12.0. The monoisotopic (exact) mass is 308 g/mol. The molecule has 0 aliphatic carbocycles. The summed E-state index contributed by atoms with van der Waals surface area (Å²) in [7, 11) is 0. The Hall–Kier alpha value is -2.41. The van der Waals surface area contributed by atoms with Crippen LogP contribution < -0.4 is 5.32 Å². The molecule has 0 atom stereocenters. The first kappa shape index (κ1) is 15.0. The average molecular weight is 309 g/mol. The Morgan fingerprint density at radius 1 is 1.48 bits per heavy atom. The molecule has 0 spiro atoms. The lowest BCUT2D eigenvalue weighted by molar-refractivity contribution is -0.385. The molecule has 0 saturated heterocycles. The predicted molar refractivity (Wildman–Crippen MR) is 78.4 cm³/mol. The summed E-state index contributed by atoms with van der Waals surface area (Å²) in [4.78, 5) is 22.2. The van der Waals surface area contributed by atoms with Gasteiger partial charge in [-0.3, -0.25) is 19.6 Å². The topological polar surface area (TPSA) is 90.1 Å². The first-order chi connectivity index (χ1) is 9.88. The van der Waals surface area contributed by atoms with Gasteiger partial charge in [0.25, 0.3) is 0 Å². The molecule has 1 aromatic heterocycles. The van der Waals surface area contributed by atoms with E-state index in [2.05, 4.69) is 10.4 Å². The van der Waals surface area contributed by atoms with Crippen LogP contribution in [0.5, 0.6) is 0 Å². The Bertz CT molecular complexity index is 711. The molecule has 0 saturated carbocycles. The van der Waals surface area contributed by atoms with Crippen molar-refractivity contribution in [2.75, 3.05) is 5.32 Å². The molecule has 2 rings (SSSR count). The number of carbonyl (C=O) groups is 1. The Morgan fingerprint density at radius 2 is 2.19 bits per heavy atom. The second-order valence-electron chi connectivity index (χ2n) is 4.54. The van der Waals surface area contributed by atoms with Crippen molar-refractivity contribution in [3.05, 3.63) is 50.8 Å². The Labute approximate surface area is 125 Å². The second kappa shape index (κ2) is 5.92. The van der Waals surface area contributed by atoms with Gasteiger partial charge in [0.05, 0.1) is 4.92 Å². The van der Waals surface area contributed by atoms with Gasteiger partial charge in [0.2, 0.25) is 5.91 Å². The summed E-state index contributed by atoms with van der Waals surface area (Å²) in [6.45, 7) is 3.28. The van der Waals surface area contributed by atoms with Gasteiger partial charge < -0.3 is 5.32 Å². The van der Waals surface area contributed by atoms with Gasteiger partial charge >= 0.3 is 5.69 Å². The number of anilines is 1. The van der Waals surface area contributed by atoms with E-state index in [0.717, 1.165) is 11.8 Å². The van der Waals surface area contributed by atoms with Crippen molar-refractivity contribution in [2.24, 2.45) is 0 Å². The van der Waals surface area contributed by atoms with E-state index in [9.17, 15) is 14.9 Å². The summed E-state index contributed by atoms with van der Waals surface area (Å²) < 4.78 is 1.29. The van der Waals surface area contributed by atoms with Crippen LogP contribution in [0.3, 0.4) is 0 Å². The lowest BCUT2D eigenvalue weighted by Gasteiger charge is -2.09. The van der Waals surface area contributed by atoms with Gasteiger partial charge in [-0.05, 0) is 31.5 Å². The molecule has 0 radical (unpaired) electrons. The van der Waals surface area contributed by atoms with E-state index in [0.29, 0.717) is 16.4 Å². The van der Waals surface area contributed by atoms with E-state index in [1.807, 2.05) is 6.92 Å². The number of carbonyl (C=O) groups excluding carboxylic acids is 1. The zero-order valence-electron chi connectivity index (χ0n) is 11.5. The van der Waals surface area contributed by atoms with Crippen LogP contribution in [0.15, 0.2) is 24.4 Å². The molecule has 21 heavy (non-hydrogen) atoms. The molecule has 7 nitrogen and oxygen atoms in total. The zero-order valence-corrected chi connectivity index (χ0v) is 12.2. The molecule has 1 amide bonds. The normalized spacial score (nSPS) is 10.4. The van der Waals surface area contributed by atoms with Gasteiger partial charge in [-0.2, -0.15) is 5.10 Å². The minimum absolute atomic E-state index is 0.106. The number of hydrogen-bond acceptors (Lipinski definition) is 4. The molecule has 0 fully saturated rings. The van der Waals surface area contributed by atoms with E-state index < -0.39 is 4.92 Å². The van der Waals surface area contributed by atoms with Crippen LogP contribution in [0, 0.1) is 24.0 Å². The number of rotatable bonds is 4. The highest BCUT2D eigenvalue weighted by Crippen LogP contribution is 2.20. The van der Waals surface area contributed by atoms with E-state index in [1.54, 1.807) is 25.1 Å². The maximum atomic E-state index is 12.0. The van der Waals surface area contributed by atoms with Gasteiger partial charge in [0.1, 0.15) is 18.4 Å². The predicted octanol–water partition coefficient (Wildman–Crippen LogP) is 2.70. The van der Waals surface area contributed by atoms with Gasteiger partial charge in [-0.25, -0.2) is 0 Å². The Morgan fingerprint density at radius 3 is 2.81 bits per heavy atom. The highest BCUT2D eigenvalue weighted by Gasteiger charge is 2.18. The SMILES string of the molecule is Cc1ccc(Cl)cc1NC(=O)Cn1ncc([N+](=O)[O-])c1C. The van der Waals surface area contributed by atoms with Crippen molar-refractivity contribution in [3.8, 4) is 0 Å². The molecule has 1 heterocycles. The molecule has 2 aromatic rings. The van der Waals surface area contributed by atoms with Crippen LogP contribution in [-0.4, -0.2) is 20.6 Å². The second-order valence-corrected chi connectivity index (χ2v) is 4.97. The largest absolute Gasteiger partial charge is 0.324 e. The minimum Gasteiger partial charge on any atom is -0.324 e. The van der Waals surface area contributed by atoms with Crippen LogP contribution in [0.25, 0.3) is 0 Å². The third kappa shape index (κ3) is 3.38. The minimum atomic E-state index is -0.530. The molecule has 1 aromatic carbocycles. The van der Waals surface area contributed by atoms with Gasteiger partial charge in [0.15, 0.2) is 0 Å². The lowest BCUT2D eigenvalue weighted by Crippen LogP contribution is -2.20. The number of aryl methyl sites for hydroxylation is 1. The van der Waals surface area contributed by atoms with Crippen LogP contribution >= 0.6 is 11.6 Å². The highest BCUT2D eigenvalue weighted by atomic mass is 35.5. The van der Waals surface area contributed by atoms with Gasteiger partial charge in [-0.1, -0.05) is 17.7 Å². The van der Waals surface area contributed by atoms with E-state index in [4.69, 9.17) is 11.6 Å². The molecule has 0 unspecified atom stereocenters. The first-order valence-electron chi connectivity index (χ1n) is 6.11. The fourth-order valence-electron chi connectivity index (χ4n) is 1.83. The van der Waals surface area contributed by atoms with Crippen molar-refractivity contribution in [2.45, 2.75) is 20.4 Å². The van der Waals surface area contributed by atoms with Crippen molar-refractivity contribution >= 4 is 28.9 Å². The quantitative estimate of drug-likeness (QED) is 0.694. The summed E-state index contributed by atoms with van der Waals surface area (Å²) in [6.07, 6.45) is 1.13. The van der Waals surface area contributed by atoms with Crippen molar-refractivity contribution < 1.29 is 9.72 Å². The number of halogens is 1. The number of nitrogens with one attached hydrogen (secondary N) is 1. The summed E-state index contributed by atoms with van der Waals surface area (Å²) >= 11 is 5.88. The zero-order chi connectivity index (χ0) is 15.6. The van der Waals surface area contributed by atoms with Crippen molar-refractivity contribution in [1.29, 1.82) is 0 Å². The third-order valence-corrected chi connectivity index (χ3v) is 3.28. The van der Waals surface area contributed by atoms with Crippen LogP contribution in [0.1, 0.15) is 11.3 Å². The maximum Gasteiger partial charge on any atom is 0.309 e. The van der Waals surface area contributed by atoms with E-state index >= 15 is 0 Å². The highest BCUT2D eigenvalue weighted by molar-refractivity contribution is 6.31. The van der Waals surface area contributed by atoms with E-state index in [-0.39, 0.29) is 18.1 Å². The summed E-state index contributed by atoms with van der Waals surface area (Å²) in [6, 6.07) is 5.17. The smallest absolute Gasteiger partial charge is 0.309 e. The third-order valence-electron chi connectivity index (χ3n) is 3.04. The van der Waals surface area contributed by atoms with Gasteiger partial charge in [0, 0.05) is 10.7 Å². The molecule has 0 aliphatic rings. The fourth-order valence-corrected chi connectivity index (χ4v) is 2.00. The Balaban J connectivity index is 2.12. The molecule has 0 bridgehead atoms. The van der Waals surface area contributed by atoms with Crippen LogP contribution in [0.2, 0.25) is 5.02 Å². The standard InChI is InChI=1S/C13H13ClN4O3/c1-8-3-4-10(14)5-11(8)16-13(19)7-17-9(2)12(6-15-17)18(20)21/h3-6H,7H2,1-2H3,(H,16,19). The molecule has 8 heteroatoms. The number of nitrogens with zero attached hydrogens (tertiary/aromatic N) is 3. The molecule has 110 valence electrons. The molecular weight excluding hydrogens is 296 g/mol. The molecular formula is C13H13ClN4O3. The lowest BCUT2D eigenvalue weighted by atomic mass is 10.2.